The first-order valence-electron chi connectivity index (χ1n) is 10.1. The summed E-state index contributed by atoms with van der Waals surface area (Å²) in [6, 6.07) is 14.6. The molecule has 1 aliphatic heterocycles. The summed E-state index contributed by atoms with van der Waals surface area (Å²) in [7, 11) is 0. The quantitative estimate of drug-likeness (QED) is 0.722. The van der Waals surface area contributed by atoms with Crippen molar-refractivity contribution >= 4 is 22.9 Å². The molecule has 0 radical (unpaired) electrons. The summed E-state index contributed by atoms with van der Waals surface area (Å²) in [6.07, 6.45) is 3.81. The molecule has 150 valence electrons. The summed E-state index contributed by atoms with van der Waals surface area (Å²) in [5.74, 6) is 0.298. The first-order valence-corrected chi connectivity index (χ1v) is 10.1. The number of hydrogen-bond donors (Lipinski definition) is 1. The van der Waals surface area contributed by atoms with Gasteiger partial charge in [-0.2, -0.15) is 0 Å². The molecule has 1 aromatic heterocycles. The molecule has 2 amide bonds. The van der Waals surface area contributed by atoms with E-state index in [1.807, 2.05) is 35.2 Å². The Bertz CT molecular complexity index is 1010. The Kier molecular flexibility index (Phi) is 5.60. The third-order valence-electron chi connectivity index (χ3n) is 5.28. The molecule has 1 fully saturated rings. The van der Waals surface area contributed by atoms with Gasteiger partial charge in [-0.1, -0.05) is 30.3 Å². The second-order valence-electron chi connectivity index (χ2n) is 7.53. The van der Waals surface area contributed by atoms with Crippen molar-refractivity contribution in [1.29, 1.82) is 0 Å². The van der Waals surface area contributed by atoms with E-state index in [2.05, 4.69) is 10.3 Å². The number of amides is 2. The van der Waals surface area contributed by atoms with Gasteiger partial charge in [-0.3, -0.25) is 9.59 Å². The van der Waals surface area contributed by atoms with Crippen LogP contribution in [0.1, 0.15) is 48.0 Å². The molecule has 2 aromatic carbocycles. The smallest absolute Gasteiger partial charge is 0.252 e. The summed E-state index contributed by atoms with van der Waals surface area (Å²) in [6.45, 7) is 3.28. The number of nitrogens with zero attached hydrogens (tertiary/aromatic N) is 2. The van der Waals surface area contributed by atoms with E-state index in [1.54, 1.807) is 25.1 Å². The highest BCUT2D eigenvalue weighted by Crippen LogP contribution is 2.20. The minimum atomic E-state index is -0.556. The zero-order chi connectivity index (χ0) is 20.2. The highest BCUT2D eigenvalue weighted by molar-refractivity contribution is 5.99. The van der Waals surface area contributed by atoms with Crippen molar-refractivity contribution < 1.29 is 14.0 Å². The molecule has 6 nitrogen and oxygen atoms in total. The number of fused-ring (bicyclic) bond motifs is 1. The standard InChI is InChI=1S/C23H25N3O3/c1-16(23(28)26-12-6-3-7-13-26)24-22(27)18-10-11-19-20(15-18)29-21(25-19)14-17-8-4-2-5-9-17/h2,4-5,8-11,15-16H,3,6-7,12-14H2,1H3,(H,24,27). The van der Waals surface area contributed by atoms with E-state index in [1.165, 1.54) is 0 Å². The maximum absolute atomic E-state index is 12.6. The third kappa shape index (κ3) is 4.47. The van der Waals surface area contributed by atoms with Gasteiger partial charge in [-0.25, -0.2) is 4.98 Å². The largest absolute Gasteiger partial charge is 0.440 e. The molecule has 1 aliphatic rings. The molecule has 29 heavy (non-hydrogen) atoms. The molecular weight excluding hydrogens is 366 g/mol. The number of nitrogens with one attached hydrogen (secondary N) is 1. The van der Waals surface area contributed by atoms with Crippen LogP contribution in [0.5, 0.6) is 0 Å². The number of hydrogen-bond acceptors (Lipinski definition) is 4. The first kappa shape index (κ1) is 19.2. The van der Waals surface area contributed by atoms with Gasteiger partial charge in [-0.05, 0) is 49.9 Å². The SMILES string of the molecule is CC(NC(=O)c1ccc2nc(Cc3ccccc3)oc2c1)C(=O)N1CCCCC1. The lowest BCUT2D eigenvalue weighted by Gasteiger charge is -2.29. The van der Waals surface area contributed by atoms with Crippen molar-refractivity contribution in [3.05, 3.63) is 65.5 Å². The van der Waals surface area contributed by atoms with E-state index in [9.17, 15) is 9.59 Å². The maximum atomic E-state index is 12.6. The van der Waals surface area contributed by atoms with Crippen molar-refractivity contribution in [2.45, 2.75) is 38.6 Å². The molecule has 1 unspecified atom stereocenters. The van der Waals surface area contributed by atoms with Crippen molar-refractivity contribution in [1.82, 2.24) is 15.2 Å². The number of benzene rings is 2. The molecule has 2 heterocycles. The number of aromatic nitrogens is 1. The molecule has 1 N–H and O–H groups in total. The van der Waals surface area contributed by atoms with Crippen molar-refractivity contribution in [2.24, 2.45) is 0 Å². The van der Waals surface area contributed by atoms with Crippen LogP contribution >= 0.6 is 0 Å². The fourth-order valence-corrected chi connectivity index (χ4v) is 3.69. The lowest BCUT2D eigenvalue weighted by atomic mass is 10.1. The van der Waals surface area contributed by atoms with Gasteiger partial charge in [0.05, 0.1) is 0 Å². The number of carbonyl (C=O) groups excluding carboxylic acids is 2. The van der Waals surface area contributed by atoms with Gasteiger partial charge in [0.2, 0.25) is 5.91 Å². The Balaban J connectivity index is 1.44. The lowest BCUT2D eigenvalue weighted by molar-refractivity contribution is -0.133. The van der Waals surface area contributed by atoms with E-state index in [0.29, 0.717) is 29.0 Å². The first-order chi connectivity index (χ1) is 14.1. The van der Waals surface area contributed by atoms with E-state index >= 15 is 0 Å². The minimum absolute atomic E-state index is 0.0241. The highest BCUT2D eigenvalue weighted by atomic mass is 16.3. The van der Waals surface area contributed by atoms with Crippen molar-refractivity contribution in [3.8, 4) is 0 Å². The van der Waals surface area contributed by atoms with E-state index in [0.717, 1.165) is 37.9 Å². The van der Waals surface area contributed by atoms with Crippen LogP contribution in [0.4, 0.5) is 0 Å². The number of rotatable bonds is 5. The van der Waals surface area contributed by atoms with Crippen LogP contribution in [0.3, 0.4) is 0 Å². The topological polar surface area (TPSA) is 75.4 Å². The Morgan fingerprint density at radius 3 is 2.62 bits per heavy atom. The van der Waals surface area contributed by atoms with E-state index < -0.39 is 6.04 Å². The Morgan fingerprint density at radius 1 is 1.10 bits per heavy atom. The molecule has 0 spiro atoms. The average Bonchev–Trinajstić information content (AvgIpc) is 3.15. The minimum Gasteiger partial charge on any atom is -0.440 e. The molecule has 1 atom stereocenters. The van der Waals surface area contributed by atoms with Crippen LogP contribution in [0, 0.1) is 0 Å². The van der Waals surface area contributed by atoms with Crippen LogP contribution < -0.4 is 5.32 Å². The second kappa shape index (κ2) is 8.47. The fraction of sp³-hybridized carbons (Fsp3) is 0.348. The number of likely N-dealkylation sites (tertiary alicyclic amines) is 1. The van der Waals surface area contributed by atoms with Crippen LogP contribution in [-0.4, -0.2) is 40.8 Å². The lowest BCUT2D eigenvalue weighted by Crippen LogP contribution is -2.48. The summed E-state index contributed by atoms with van der Waals surface area (Å²) < 4.78 is 5.84. The summed E-state index contributed by atoms with van der Waals surface area (Å²) in [4.78, 5) is 31.5. The van der Waals surface area contributed by atoms with Gasteiger partial charge >= 0.3 is 0 Å². The molecule has 0 saturated carbocycles. The number of oxazole rings is 1. The molecule has 0 aliphatic carbocycles. The third-order valence-corrected chi connectivity index (χ3v) is 5.28. The predicted octanol–water partition coefficient (Wildman–Crippen LogP) is 3.55. The summed E-state index contributed by atoms with van der Waals surface area (Å²) in [5.41, 5.74) is 2.85. The maximum Gasteiger partial charge on any atom is 0.252 e. The van der Waals surface area contributed by atoms with Crippen LogP contribution in [-0.2, 0) is 11.2 Å². The highest BCUT2D eigenvalue weighted by Gasteiger charge is 2.24. The fourth-order valence-electron chi connectivity index (χ4n) is 3.69. The van der Waals surface area contributed by atoms with Gasteiger partial charge in [0.15, 0.2) is 11.5 Å². The molecule has 1 saturated heterocycles. The van der Waals surface area contributed by atoms with Crippen LogP contribution in [0.25, 0.3) is 11.1 Å². The van der Waals surface area contributed by atoms with Crippen molar-refractivity contribution in [3.63, 3.8) is 0 Å². The Labute approximate surface area is 169 Å². The summed E-state index contributed by atoms with van der Waals surface area (Å²) in [5, 5.41) is 2.81. The average molecular weight is 391 g/mol. The zero-order valence-electron chi connectivity index (χ0n) is 16.6. The number of piperidine rings is 1. The van der Waals surface area contributed by atoms with Gasteiger partial charge in [0.25, 0.3) is 5.91 Å². The van der Waals surface area contributed by atoms with Gasteiger partial charge in [-0.15, -0.1) is 0 Å². The van der Waals surface area contributed by atoms with E-state index in [4.69, 9.17) is 4.42 Å². The summed E-state index contributed by atoms with van der Waals surface area (Å²) >= 11 is 0. The number of carbonyl (C=O) groups is 2. The monoisotopic (exact) mass is 391 g/mol. The van der Waals surface area contributed by atoms with Crippen LogP contribution in [0.15, 0.2) is 52.9 Å². The molecule has 0 bridgehead atoms. The zero-order valence-corrected chi connectivity index (χ0v) is 16.6. The normalized spacial score (nSPS) is 15.3. The van der Waals surface area contributed by atoms with Crippen LogP contribution in [0.2, 0.25) is 0 Å². The molecule has 6 heteroatoms. The molecule has 3 aromatic rings. The predicted molar refractivity (Wildman–Crippen MR) is 111 cm³/mol. The molecular formula is C23H25N3O3. The van der Waals surface area contributed by atoms with Crippen molar-refractivity contribution in [2.75, 3.05) is 13.1 Å². The van der Waals surface area contributed by atoms with Gasteiger partial charge in [0, 0.05) is 25.1 Å². The molecule has 4 rings (SSSR count). The Hall–Kier alpha value is -3.15. The van der Waals surface area contributed by atoms with Gasteiger partial charge < -0.3 is 14.6 Å². The second-order valence-corrected chi connectivity index (χ2v) is 7.53. The van der Waals surface area contributed by atoms with E-state index in [-0.39, 0.29) is 11.8 Å². The Morgan fingerprint density at radius 2 is 1.86 bits per heavy atom. The van der Waals surface area contributed by atoms with Gasteiger partial charge in [0.1, 0.15) is 11.6 Å².